The van der Waals surface area contributed by atoms with Crippen molar-refractivity contribution in [3.8, 4) is 5.75 Å². The molecule has 0 spiro atoms. The molecule has 2 amide bonds. The number of β-lactam (4-membered cyclic amide) rings is 1. The summed E-state index contributed by atoms with van der Waals surface area (Å²) in [5.41, 5.74) is 0.383. The van der Waals surface area contributed by atoms with Crippen molar-refractivity contribution in [3.63, 3.8) is 0 Å². The molecule has 161 valence electrons. The Bertz CT molecular complexity index is 1030. The standard InChI is InChI=1S/C21H22N2O5S.Na.H2O/c1-4-28-13-10-9-11-7-5-6-8-12(11)14(13)17(24)22-15-18(25)23-16(20(26)27)21(2,3)29-19(15)23;;/h5-10,15-16,19H,4H2,1-3H3,(H,22,24)(H,26,27);;1H2/t15-,16+,19-;;/m1../s1. The van der Waals surface area contributed by atoms with Crippen molar-refractivity contribution in [3.05, 3.63) is 42.0 Å². The topological polar surface area (TPSA) is 127 Å². The van der Waals surface area contributed by atoms with Crippen LogP contribution in [0.3, 0.4) is 0 Å². The van der Waals surface area contributed by atoms with Crippen molar-refractivity contribution in [2.24, 2.45) is 0 Å². The number of thioether (sulfide) groups is 1. The maximum atomic E-state index is 13.2. The third-order valence-corrected chi connectivity index (χ3v) is 6.95. The van der Waals surface area contributed by atoms with E-state index >= 15 is 0 Å². The second-order valence-corrected chi connectivity index (χ2v) is 9.41. The van der Waals surface area contributed by atoms with Crippen LogP contribution in [0.15, 0.2) is 36.4 Å². The fourth-order valence-corrected chi connectivity index (χ4v) is 5.75. The Labute approximate surface area is 206 Å². The molecular formula is C21H24N2NaO6S. The quantitative estimate of drug-likeness (QED) is 0.516. The second kappa shape index (κ2) is 9.38. The van der Waals surface area contributed by atoms with Crippen LogP contribution in [-0.2, 0) is 9.59 Å². The molecule has 0 aromatic heterocycles. The van der Waals surface area contributed by atoms with Crippen LogP contribution in [0.1, 0.15) is 31.1 Å². The number of nitrogens with zero attached hydrogens (tertiary/aromatic N) is 1. The zero-order valence-corrected chi connectivity index (χ0v) is 20.7. The van der Waals surface area contributed by atoms with Crippen LogP contribution in [0.25, 0.3) is 10.8 Å². The fraction of sp³-hybridized carbons (Fsp3) is 0.381. The van der Waals surface area contributed by atoms with E-state index in [9.17, 15) is 19.5 Å². The molecule has 2 aromatic carbocycles. The molecule has 1 radical (unpaired) electrons. The number of carbonyl (C=O) groups excluding carboxylic acids is 2. The van der Waals surface area contributed by atoms with Crippen LogP contribution >= 0.6 is 11.8 Å². The summed E-state index contributed by atoms with van der Waals surface area (Å²) in [6.07, 6.45) is 0. The number of carboxylic acids is 1. The Kier molecular flexibility index (Phi) is 7.71. The smallest absolute Gasteiger partial charge is 0.327 e. The van der Waals surface area contributed by atoms with E-state index in [1.54, 1.807) is 19.9 Å². The molecule has 0 unspecified atom stereocenters. The van der Waals surface area contributed by atoms with Gasteiger partial charge in [0.2, 0.25) is 5.91 Å². The summed E-state index contributed by atoms with van der Waals surface area (Å²) in [6.45, 7) is 5.85. The predicted octanol–water partition coefficient (Wildman–Crippen LogP) is 1.28. The van der Waals surface area contributed by atoms with Crippen molar-refractivity contribution in [1.82, 2.24) is 10.2 Å². The Hall–Kier alpha value is -1.78. The van der Waals surface area contributed by atoms with Gasteiger partial charge in [0.25, 0.3) is 5.91 Å². The summed E-state index contributed by atoms with van der Waals surface area (Å²) in [5.74, 6) is -1.35. The van der Waals surface area contributed by atoms with Crippen LogP contribution < -0.4 is 10.1 Å². The largest absolute Gasteiger partial charge is 0.493 e. The summed E-state index contributed by atoms with van der Waals surface area (Å²) >= 11 is 1.40. The van der Waals surface area contributed by atoms with Gasteiger partial charge in [0.05, 0.1) is 12.2 Å². The van der Waals surface area contributed by atoms with Gasteiger partial charge in [-0.3, -0.25) is 9.59 Å². The molecule has 8 nitrogen and oxygen atoms in total. The Balaban J connectivity index is 0.00000171. The number of amides is 2. The first-order valence-electron chi connectivity index (χ1n) is 9.44. The van der Waals surface area contributed by atoms with Gasteiger partial charge in [-0.25, -0.2) is 4.79 Å². The number of carboxylic acid groups (broad SMARTS) is 1. The molecule has 4 rings (SSSR count). The number of carbonyl (C=O) groups is 3. The van der Waals surface area contributed by atoms with Crippen LogP contribution in [0.5, 0.6) is 5.75 Å². The summed E-state index contributed by atoms with van der Waals surface area (Å²) in [6, 6.07) is 9.46. The third kappa shape index (κ3) is 4.17. The molecule has 0 saturated carbocycles. The van der Waals surface area contributed by atoms with Crippen LogP contribution in [0, 0.1) is 0 Å². The first kappa shape index (κ1) is 25.5. The molecule has 0 bridgehead atoms. The van der Waals surface area contributed by atoms with E-state index < -0.39 is 34.1 Å². The van der Waals surface area contributed by atoms with Crippen molar-refractivity contribution >= 4 is 69.9 Å². The number of hydrogen-bond acceptors (Lipinski definition) is 5. The van der Waals surface area contributed by atoms with Gasteiger partial charge in [0.15, 0.2) is 0 Å². The monoisotopic (exact) mass is 455 g/mol. The molecule has 10 heteroatoms. The van der Waals surface area contributed by atoms with E-state index in [0.717, 1.165) is 10.8 Å². The number of aliphatic carboxylic acids is 1. The van der Waals surface area contributed by atoms with Crippen molar-refractivity contribution in [2.45, 2.75) is 43.0 Å². The number of hydrogen-bond donors (Lipinski definition) is 2. The molecule has 4 N–H and O–H groups in total. The summed E-state index contributed by atoms with van der Waals surface area (Å²) in [4.78, 5) is 38.9. The van der Waals surface area contributed by atoms with Crippen LogP contribution in [0.2, 0.25) is 0 Å². The number of nitrogens with one attached hydrogen (secondary N) is 1. The SMILES string of the molecule is CCOc1ccc2ccccc2c1C(=O)N[C@@H]1C(=O)N2[C@@H]1SC(C)(C)[C@@H]2C(=O)O.O.[Na]. The zero-order chi connectivity index (χ0) is 20.9. The molecule has 3 atom stereocenters. The van der Waals surface area contributed by atoms with Gasteiger partial charge in [-0.1, -0.05) is 30.3 Å². The second-order valence-electron chi connectivity index (χ2n) is 7.64. The van der Waals surface area contributed by atoms with E-state index in [2.05, 4.69) is 5.32 Å². The summed E-state index contributed by atoms with van der Waals surface area (Å²) in [5, 5.41) is 13.6. The van der Waals surface area contributed by atoms with E-state index in [0.29, 0.717) is 17.9 Å². The molecule has 31 heavy (non-hydrogen) atoms. The first-order chi connectivity index (χ1) is 13.8. The first-order valence-corrected chi connectivity index (χ1v) is 10.3. The average molecular weight is 455 g/mol. The minimum Gasteiger partial charge on any atom is -0.493 e. The van der Waals surface area contributed by atoms with Crippen molar-refractivity contribution in [1.29, 1.82) is 0 Å². The molecule has 2 aliphatic heterocycles. The molecule has 2 saturated heterocycles. The summed E-state index contributed by atoms with van der Waals surface area (Å²) in [7, 11) is 0. The molecule has 2 heterocycles. The maximum absolute atomic E-state index is 13.2. The van der Waals surface area contributed by atoms with Crippen molar-refractivity contribution in [2.75, 3.05) is 6.61 Å². The summed E-state index contributed by atoms with van der Waals surface area (Å²) < 4.78 is 5.02. The Morgan fingerprint density at radius 2 is 1.90 bits per heavy atom. The maximum Gasteiger partial charge on any atom is 0.327 e. The Morgan fingerprint density at radius 1 is 1.23 bits per heavy atom. The van der Waals surface area contributed by atoms with E-state index in [4.69, 9.17) is 4.74 Å². The zero-order valence-electron chi connectivity index (χ0n) is 17.8. The van der Waals surface area contributed by atoms with Gasteiger partial charge < -0.3 is 25.5 Å². The van der Waals surface area contributed by atoms with Crippen LogP contribution in [-0.4, -0.2) is 91.6 Å². The van der Waals surface area contributed by atoms with Gasteiger partial charge in [-0.05, 0) is 37.6 Å². The van der Waals surface area contributed by atoms with E-state index in [-0.39, 0.29) is 40.9 Å². The molecular weight excluding hydrogens is 431 g/mol. The van der Waals surface area contributed by atoms with E-state index in [1.165, 1.54) is 16.7 Å². The molecule has 2 aromatic rings. The van der Waals surface area contributed by atoms with Gasteiger partial charge in [0, 0.05) is 34.3 Å². The number of benzene rings is 2. The normalized spacial score (nSPS) is 23.1. The van der Waals surface area contributed by atoms with Crippen LogP contribution in [0.4, 0.5) is 0 Å². The predicted molar refractivity (Wildman–Crippen MR) is 119 cm³/mol. The number of ether oxygens (including phenoxy) is 1. The fourth-order valence-electron chi connectivity index (χ4n) is 4.12. The van der Waals surface area contributed by atoms with Gasteiger partial charge in [0.1, 0.15) is 23.2 Å². The number of rotatable bonds is 5. The molecule has 0 aliphatic carbocycles. The molecule has 2 fully saturated rings. The van der Waals surface area contributed by atoms with Gasteiger partial charge >= 0.3 is 5.97 Å². The van der Waals surface area contributed by atoms with Gasteiger partial charge in [-0.2, -0.15) is 0 Å². The minimum atomic E-state index is -1.03. The van der Waals surface area contributed by atoms with Crippen molar-refractivity contribution < 1.29 is 29.7 Å². The minimum absolute atomic E-state index is 0. The molecule has 2 aliphatic rings. The Morgan fingerprint density at radius 3 is 2.55 bits per heavy atom. The third-order valence-electron chi connectivity index (χ3n) is 5.38. The van der Waals surface area contributed by atoms with E-state index in [1.807, 2.05) is 37.3 Å². The van der Waals surface area contributed by atoms with Gasteiger partial charge in [-0.15, -0.1) is 11.8 Å². The average Bonchev–Trinajstić information content (AvgIpc) is 2.94. The number of fused-ring (bicyclic) bond motifs is 2.